The highest BCUT2D eigenvalue weighted by Crippen LogP contribution is 2.24. The maximum absolute atomic E-state index is 12.2. The number of anilines is 1. The van der Waals surface area contributed by atoms with Gasteiger partial charge in [0, 0.05) is 6.54 Å². The van der Waals surface area contributed by atoms with Gasteiger partial charge in [-0.05, 0) is 44.2 Å². The van der Waals surface area contributed by atoms with Crippen molar-refractivity contribution < 1.29 is 8.42 Å². The fourth-order valence-corrected chi connectivity index (χ4v) is 4.10. The number of rotatable bonds is 7. The van der Waals surface area contributed by atoms with E-state index in [2.05, 4.69) is 11.4 Å². The van der Waals surface area contributed by atoms with Crippen molar-refractivity contribution in [1.82, 2.24) is 0 Å². The predicted octanol–water partition coefficient (Wildman–Crippen LogP) is 3.78. The Labute approximate surface area is 122 Å². The highest BCUT2D eigenvalue weighted by molar-refractivity contribution is 7.91. The summed E-state index contributed by atoms with van der Waals surface area (Å²) < 4.78 is 24.4. The predicted molar refractivity (Wildman–Crippen MR) is 83.8 cm³/mol. The summed E-state index contributed by atoms with van der Waals surface area (Å²) in [5.74, 6) is 0.205. The lowest BCUT2D eigenvalue weighted by atomic mass is 10.1. The van der Waals surface area contributed by atoms with Crippen molar-refractivity contribution in [3.8, 4) is 0 Å². The van der Waals surface area contributed by atoms with Crippen LogP contribution in [0.25, 0.3) is 0 Å². The molecule has 2 rings (SSSR count). The molecule has 1 aliphatic carbocycles. The molecule has 0 bridgehead atoms. The first-order valence-electron chi connectivity index (χ1n) is 7.37. The minimum Gasteiger partial charge on any atom is -0.384 e. The van der Waals surface area contributed by atoms with E-state index in [0.29, 0.717) is 11.3 Å². The van der Waals surface area contributed by atoms with Gasteiger partial charge in [0.1, 0.15) is 0 Å². The van der Waals surface area contributed by atoms with Crippen LogP contribution in [0, 0.1) is 0 Å². The van der Waals surface area contributed by atoms with E-state index in [9.17, 15) is 8.42 Å². The molecule has 0 saturated heterocycles. The van der Waals surface area contributed by atoms with Crippen molar-refractivity contribution in [2.24, 2.45) is 0 Å². The van der Waals surface area contributed by atoms with Crippen LogP contribution in [0.15, 0.2) is 40.8 Å². The largest absolute Gasteiger partial charge is 0.384 e. The van der Waals surface area contributed by atoms with Gasteiger partial charge < -0.3 is 5.32 Å². The first kappa shape index (κ1) is 15.1. The van der Waals surface area contributed by atoms with Gasteiger partial charge in [0.2, 0.25) is 0 Å². The van der Waals surface area contributed by atoms with Crippen LogP contribution in [0.4, 0.5) is 5.69 Å². The van der Waals surface area contributed by atoms with E-state index in [1.54, 1.807) is 12.1 Å². The second-order valence-electron chi connectivity index (χ2n) is 5.25. The van der Waals surface area contributed by atoms with Crippen molar-refractivity contribution in [2.75, 3.05) is 17.6 Å². The zero-order valence-electron chi connectivity index (χ0n) is 12.1. The molecule has 0 saturated carbocycles. The molecule has 1 aromatic rings. The Morgan fingerprint density at radius 3 is 2.75 bits per heavy atom. The highest BCUT2D eigenvalue weighted by atomic mass is 32.2. The molecule has 20 heavy (non-hydrogen) atoms. The minimum atomic E-state index is -3.17. The van der Waals surface area contributed by atoms with Gasteiger partial charge in [0.15, 0.2) is 9.84 Å². The van der Waals surface area contributed by atoms with Crippen LogP contribution in [0.2, 0.25) is 0 Å². The SMILES string of the molecule is CCCS(=O)(=O)c1ccccc1NCCC1=CCCC1. The van der Waals surface area contributed by atoms with E-state index in [4.69, 9.17) is 0 Å². The number of sulfone groups is 1. The maximum atomic E-state index is 12.2. The molecular formula is C16H23NO2S. The Bertz CT molecular complexity index is 576. The quantitative estimate of drug-likeness (QED) is 0.778. The van der Waals surface area contributed by atoms with Gasteiger partial charge in [-0.3, -0.25) is 0 Å². The molecular weight excluding hydrogens is 270 g/mol. The minimum absolute atomic E-state index is 0.205. The lowest BCUT2D eigenvalue weighted by molar-refractivity contribution is 0.595. The molecule has 0 unspecified atom stereocenters. The second-order valence-corrected chi connectivity index (χ2v) is 7.32. The van der Waals surface area contributed by atoms with E-state index >= 15 is 0 Å². The third-order valence-corrected chi connectivity index (χ3v) is 5.56. The molecule has 0 radical (unpaired) electrons. The van der Waals surface area contributed by atoms with Crippen LogP contribution >= 0.6 is 0 Å². The van der Waals surface area contributed by atoms with Gasteiger partial charge in [0.25, 0.3) is 0 Å². The molecule has 0 amide bonds. The standard InChI is InChI=1S/C16H23NO2S/c1-2-13-20(18,19)16-10-6-5-9-15(16)17-12-11-14-7-3-4-8-14/h5-7,9-10,17H,2-4,8,11-13H2,1H3. The Kier molecular flexibility index (Phi) is 5.24. The van der Waals surface area contributed by atoms with Gasteiger partial charge in [-0.1, -0.05) is 30.7 Å². The average molecular weight is 293 g/mol. The van der Waals surface area contributed by atoms with Crippen molar-refractivity contribution in [3.63, 3.8) is 0 Å². The molecule has 0 atom stereocenters. The van der Waals surface area contributed by atoms with Crippen LogP contribution in [-0.4, -0.2) is 20.7 Å². The van der Waals surface area contributed by atoms with Crippen molar-refractivity contribution in [2.45, 2.75) is 43.9 Å². The summed E-state index contributed by atoms with van der Waals surface area (Å²) in [4.78, 5) is 0.433. The van der Waals surface area contributed by atoms with E-state index in [-0.39, 0.29) is 5.75 Å². The highest BCUT2D eigenvalue weighted by Gasteiger charge is 2.17. The van der Waals surface area contributed by atoms with Gasteiger partial charge in [0.05, 0.1) is 16.3 Å². The van der Waals surface area contributed by atoms with E-state index in [1.165, 1.54) is 24.8 Å². The van der Waals surface area contributed by atoms with Crippen LogP contribution < -0.4 is 5.32 Å². The topological polar surface area (TPSA) is 46.2 Å². The summed E-state index contributed by atoms with van der Waals surface area (Å²) in [5, 5.41) is 3.28. The van der Waals surface area contributed by atoms with Crippen LogP contribution in [-0.2, 0) is 9.84 Å². The summed E-state index contributed by atoms with van der Waals surface area (Å²) in [5.41, 5.74) is 2.23. The summed E-state index contributed by atoms with van der Waals surface area (Å²) in [6.07, 6.45) is 7.60. The fraction of sp³-hybridized carbons (Fsp3) is 0.500. The lowest BCUT2D eigenvalue weighted by Crippen LogP contribution is -2.11. The van der Waals surface area contributed by atoms with E-state index < -0.39 is 9.84 Å². The van der Waals surface area contributed by atoms with Crippen molar-refractivity contribution in [3.05, 3.63) is 35.9 Å². The first-order valence-corrected chi connectivity index (χ1v) is 9.02. The van der Waals surface area contributed by atoms with Gasteiger partial charge in [-0.25, -0.2) is 8.42 Å². The molecule has 1 aromatic carbocycles. The monoisotopic (exact) mass is 293 g/mol. The Hall–Kier alpha value is -1.29. The molecule has 0 fully saturated rings. The normalized spacial score (nSPS) is 15.2. The Morgan fingerprint density at radius 1 is 1.25 bits per heavy atom. The maximum Gasteiger partial charge on any atom is 0.180 e. The number of nitrogens with one attached hydrogen (secondary N) is 1. The number of para-hydroxylation sites is 1. The average Bonchev–Trinajstić information content (AvgIpc) is 2.92. The number of hydrogen-bond acceptors (Lipinski definition) is 3. The third kappa shape index (κ3) is 3.85. The molecule has 0 aromatic heterocycles. The smallest absolute Gasteiger partial charge is 0.180 e. The first-order chi connectivity index (χ1) is 9.63. The van der Waals surface area contributed by atoms with Crippen molar-refractivity contribution >= 4 is 15.5 Å². The van der Waals surface area contributed by atoms with Crippen molar-refractivity contribution in [1.29, 1.82) is 0 Å². The number of benzene rings is 1. The van der Waals surface area contributed by atoms with E-state index in [1.807, 2.05) is 19.1 Å². The van der Waals surface area contributed by atoms with Crippen LogP contribution in [0.1, 0.15) is 39.0 Å². The number of hydrogen-bond donors (Lipinski definition) is 1. The summed E-state index contributed by atoms with van der Waals surface area (Å²) in [6, 6.07) is 7.21. The van der Waals surface area contributed by atoms with Crippen LogP contribution in [0.3, 0.4) is 0 Å². The lowest BCUT2D eigenvalue weighted by Gasteiger charge is -2.12. The summed E-state index contributed by atoms with van der Waals surface area (Å²) in [6.45, 7) is 2.69. The fourth-order valence-electron chi connectivity index (χ4n) is 2.58. The number of allylic oxidation sites excluding steroid dienone is 1. The summed E-state index contributed by atoms with van der Waals surface area (Å²) in [7, 11) is -3.17. The zero-order valence-corrected chi connectivity index (χ0v) is 12.9. The molecule has 1 N–H and O–H groups in total. The van der Waals surface area contributed by atoms with Gasteiger partial charge in [-0.15, -0.1) is 0 Å². The van der Waals surface area contributed by atoms with Gasteiger partial charge >= 0.3 is 0 Å². The van der Waals surface area contributed by atoms with E-state index in [0.717, 1.165) is 18.7 Å². The molecule has 3 nitrogen and oxygen atoms in total. The molecule has 4 heteroatoms. The Morgan fingerprint density at radius 2 is 2.05 bits per heavy atom. The third-order valence-electron chi connectivity index (χ3n) is 3.59. The molecule has 1 aliphatic rings. The molecule has 0 heterocycles. The van der Waals surface area contributed by atoms with Gasteiger partial charge in [-0.2, -0.15) is 0 Å². The second kappa shape index (κ2) is 6.93. The molecule has 0 aliphatic heterocycles. The van der Waals surface area contributed by atoms with Crippen LogP contribution in [0.5, 0.6) is 0 Å². The molecule has 0 spiro atoms. The molecule has 110 valence electrons. The zero-order chi connectivity index (χ0) is 14.4. The Balaban J connectivity index is 2.04. The summed E-state index contributed by atoms with van der Waals surface area (Å²) >= 11 is 0.